The molecule has 3 rings (SSSR count). The Morgan fingerprint density at radius 3 is 2.73 bits per heavy atom. The van der Waals surface area contributed by atoms with Gasteiger partial charge in [0, 0.05) is 17.4 Å². The summed E-state index contributed by atoms with van der Waals surface area (Å²) >= 11 is 5.83. The van der Waals surface area contributed by atoms with Gasteiger partial charge < -0.3 is 0 Å². The molecule has 1 aromatic carbocycles. The number of hydrogen-bond donors (Lipinski definition) is 0. The zero-order chi connectivity index (χ0) is 10.3. The maximum atomic E-state index is 5.83. The van der Waals surface area contributed by atoms with E-state index in [9.17, 15) is 0 Å². The van der Waals surface area contributed by atoms with Crippen LogP contribution in [0.15, 0.2) is 46.5 Å². The molecule has 1 unspecified atom stereocenters. The molecule has 1 aromatic rings. The van der Waals surface area contributed by atoms with Crippen molar-refractivity contribution in [2.24, 2.45) is 9.98 Å². The molecule has 0 bridgehead atoms. The molecular formula is C11H8ClN3. The molecule has 0 spiro atoms. The fourth-order valence-corrected chi connectivity index (χ4v) is 1.78. The Balaban J connectivity index is 1.92. The zero-order valence-electron chi connectivity index (χ0n) is 7.84. The summed E-state index contributed by atoms with van der Waals surface area (Å²) in [6.07, 6.45) is 5.69. The summed E-state index contributed by atoms with van der Waals surface area (Å²) in [5.74, 6) is 0.775. The minimum Gasteiger partial charge on any atom is -0.290 e. The molecule has 0 aliphatic carbocycles. The van der Waals surface area contributed by atoms with Crippen molar-refractivity contribution in [2.45, 2.75) is 6.17 Å². The first-order valence-electron chi connectivity index (χ1n) is 4.67. The van der Waals surface area contributed by atoms with Gasteiger partial charge in [-0.3, -0.25) is 4.90 Å². The molecule has 1 atom stereocenters. The second-order valence-electron chi connectivity index (χ2n) is 3.38. The lowest BCUT2D eigenvalue weighted by Crippen LogP contribution is -2.38. The Hall–Kier alpha value is -1.61. The van der Waals surface area contributed by atoms with E-state index < -0.39 is 0 Å². The van der Waals surface area contributed by atoms with E-state index in [1.54, 1.807) is 6.21 Å². The van der Waals surface area contributed by atoms with E-state index in [-0.39, 0.29) is 6.17 Å². The fraction of sp³-hybridized carbons (Fsp3) is 0.0909. The average molecular weight is 218 g/mol. The lowest BCUT2D eigenvalue weighted by molar-refractivity contribution is 0.359. The van der Waals surface area contributed by atoms with E-state index >= 15 is 0 Å². The zero-order valence-corrected chi connectivity index (χ0v) is 8.59. The summed E-state index contributed by atoms with van der Waals surface area (Å²) in [6.45, 7) is 0. The summed E-state index contributed by atoms with van der Waals surface area (Å²) in [7, 11) is 0. The highest BCUT2D eigenvalue weighted by atomic mass is 35.5. The standard InChI is InChI=1S/C11H8ClN3/c12-9-4-2-8(3-5-9)10-14-11-13-6-1-7-15(10)11/h1-7,10H. The number of hydrogen-bond acceptors (Lipinski definition) is 3. The Morgan fingerprint density at radius 1 is 1.20 bits per heavy atom. The van der Waals surface area contributed by atoms with Crippen molar-refractivity contribution >= 4 is 23.8 Å². The molecule has 2 heterocycles. The van der Waals surface area contributed by atoms with Crippen molar-refractivity contribution in [3.05, 3.63) is 47.1 Å². The number of aliphatic imine (C=N–C) groups is 2. The van der Waals surface area contributed by atoms with Gasteiger partial charge in [0.05, 0.1) is 0 Å². The van der Waals surface area contributed by atoms with Crippen LogP contribution in [-0.4, -0.2) is 17.1 Å². The van der Waals surface area contributed by atoms with Gasteiger partial charge in [-0.15, -0.1) is 0 Å². The summed E-state index contributed by atoms with van der Waals surface area (Å²) in [4.78, 5) is 10.6. The second-order valence-corrected chi connectivity index (χ2v) is 3.82. The average Bonchev–Trinajstić information content (AvgIpc) is 2.23. The molecule has 0 aromatic heterocycles. The van der Waals surface area contributed by atoms with Crippen molar-refractivity contribution in [1.29, 1.82) is 0 Å². The SMILES string of the molecule is Clc1ccc(C2N=C3N=CC=CN32)cc1. The van der Waals surface area contributed by atoms with Gasteiger partial charge in [0.25, 0.3) is 0 Å². The van der Waals surface area contributed by atoms with Crippen molar-refractivity contribution in [3.8, 4) is 0 Å². The van der Waals surface area contributed by atoms with E-state index in [4.69, 9.17) is 11.6 Å². The van der Waals surface area contributed by atoms with Gasteiger partial charge in [-0.05, 0) is 23.8 Å². The van der Waals surface area contributed by atoms with Crippen LogP contribution in [0.4, 0.5) is 0 Å². The molecule has 2 aliphatic rings. The molecule has 15 heavy (non-hydrogen) atoms. The normalized spacial score (nSPS) is 22.1. The smallest absolute Gasteiger partial charge is 0.229 e. The molecule has 0 N–H and O–H groups in total. The topological polar surface area (TPSA) is 28.0 Å². The largest absolute Gasteiger partial charge is 0.290 e. The lowest BCUT2D eigenvalue weighted by Gasteiger charge is -2.36. The first kappa shape index (κ1) is 8.68. The number of benzene rings is 1. The third-order valence-corrected chi connectivity index (χ3v) is 2.68. The van der Waals surface area contributed by atoms with Crippen LogP contribution in [0.3, 0.4) is 0 Å². The van der Waals surface area contributed by atoms with E-state index in [0.717, 1.165) is 16.5 Å². The van der Waals surface area contributed by atoms with Crippen LogP contribution in [-0.2, 0) is 0 Å². The van der Waals surface area contributed by atoms with Gasteiger partial charge in [0.1, 0.15) is 0 Å². The van der Waals surface area contributed by atoms with Gasteiger partial charge >= 0.3 is 0 Å². The summed E-state index contributed by atoms with van der Waals surface area (Å²) in [5.41, 5.74) is 1.13. The predicted molar refractivity (Wildman–Crippen MR) is 61.1 cm³/mol. The second kappa shape index (κ2) is 3.21. The summed E-state index contributed by atoms with van der Waals surface area (Å²) in [5, 5.41) is 0.745. The number of rotatable bonds is 1. The minimum absolute atomic E-state index is 0.0611. The van der Waals surface area contributed by atoms with Crippen LogP contribution in [0.2, 0.25) is 5.02 Å². The van der Waals surface area contributed by atoms with Gasteiger partial charge in [-0.1, -0.05) is 23.7 Å². The van der Waals surface area contributed by atoms with E-state index in [0.29, 0.717) is 0 Å². The highest BCUT2D eigenvalue weighted by Crippen LogP contribution is 2.32. The third-order valence-electron chi connectivity index (χ3n) is 2.42. The highest BCUT2D eigenvalue weighted by Gasteiger charge is 2.30. The molecular weight excluding hydrogens is 210 g/mol. The van der Waals surface area contributed by atoms with E-state index in [2.05, 4.69) is 9.98 Å². The summed E-state index contributed by atoms with van der Waals surface area (Å²) in [6, 6.07) is 7.72. The number of guanidine groups is 1. The lowest BCUT2D eigenvalue weighted by atomic mass is 10.1. The summed E-state index contributed by atoms with van der Waals surface area (Å²) < 4.78 is 0. The van der Waals surface area contributed by atoms with Crippen molar-refractivity contribution in [3.63, 3.8) is 0 Å². The first-order valence-corrected chi connectivity index (χ1v) is 5.05. The Labute approximate surface area is 92.4 Å². The molecule has 0 fully saturated rings. The molecule has 0 amide bonds. The molecule has 2 aliphatic heterocycles. The third kappa shape index (κ3) is 1.36. The van der Waals surface area contributed by atoms with Crippen LogP contribution in [0.5, 0.6) is 0 Å². The maximum Gasteiger partial charge on any atom is 0.229 e. The highest BCUT2D eigenvalue weighted by molar-refractivity contribution is 6.30. The minimum atomic E-state index is 0.0611. The number of halogens is 1. The Bertz CT molecular complexity index is 473. The Kier molecular flexibility index (Phi) is 1.86. The van der Waals surface area contributed by atoms with Crippen molar-refractivity contribution in [1.82, 2.24) is 4.90 Å². The van der Waals surface area contributed by atoms with Crippen LogP contribution >= 0.6 is 11.6 Å². The molecule has 0 saturated carbocycles. The van der Waals surface area contributed by atoms with Gasteiger partial charge in [0.15, 0.2) is 6.17 Å². The van der Waals surface area contributed by atoms with E-state index in [1.807, 2.05) is 41.4 Å². The van der Waals surface area contributed by atoms with Crippen LogP contribution < -0.4 is 0 Å². The van der Waals surface area contributed by atoms with Gasteiger partial charge in [0.2, 0.25) is 5.96 Å². The van der Waals surface area contributed by atoms with Crippen molar-refractivity contribution < 1.29 is 0 Å². The fourth-order valence-electron chi connectivity index (χ4n) is 1.65. The van der Waals surface area contributed by atoms with Crippen LogP contribution in [0.25, 0.3) is 0 Å². The van der Waals surface area contributed by atoms with E-state index in [1.165, 1.54) is 0 Å². The molecule has 0 saturated heterocycles. The predicted octanol–water partition coefficient (Wildman–Crippen LogP) is 2.61. The molecule has 3 nitrogen and oxygen atoms in total. The molecule has 74 valence electrons. The van der Waals surface area contributed by atoms with Crippen LogP contribution in [0.1, 0.15) is 11.7 Å². The molecule has 0 radical (unpaired) electrons. The number of nitrogens with zero attached hydrogens (tertiary/aromatic N) is 3. The van der Waals surface area contributed by atoms with Gasteiger partial charge in [-0.2, -0.15) is 0 Å². The molecule has 4 heteroatoms. The van der Waals surface area contributed by atoms with Crippen molar-refractivity contribution in [2.75, 3.05) is 0 Å². The maximum absolute atomic E-state index is 5.83. The first-order chi connectivity index (χ1) is 7.34. The number of fused-ring (bicyclic) bond motifs is 1. The quantitative estimate of drug-likeness (QED) is 0.711. The van der Waals surface area contributed by atoms with Gasteiger partial charge in [-0.25, -0.2) is 9.98 Å². The monoisotopic (exact) mass is 217 g/mol. The Morgan fingerprint density at radius 2 is 2.00 bits per heavy atom. The number of allylic oxidation sites excluding steroid dienone is 1. The van der Waals surface area contributed by atoms with Crippen LogP contribution in [0, 0.1) is 0 Å².